The molecular formula is C13H20N2O2S. The van der Waals surface area contributed by atoms with Crippen LogP contribution in [0.5, 0.6) is 0 Å². The topological polar surface area (TPSA) is 49.4 Å². The van der Waals surface area contributed by atoms with Crippen molar-refractivity contribution in [3.05, 3.63) is 29.3 Å². The molecule has 0 spiro atoms. The lowest BCUT2D eigenvalue weighted by Gasteiger charge is -2.17. The first-order chi connectivity index (χ1) is 8.46. The molecule has 0 aromatic heterocycles. The summed E-state index contributed by atoms with van der Waals surface area (Å²) >= 11 is 0. The van der Waals surface area contributed by atoms with Crippen LogP contribution in [-0.4, -0.2) is 32.9 Å². The predicted molar refractivity (Wildman–Crippen MR) is 71.9 cm³/mol. The van der Waals surface area contributed by atoms with E-state index in [-0.39, 0.29) is 6.04 Å². The van der Waals surface area contributed by atoms with Crippen LogP contribution in [0.25, 0.3) is 0 Å². The summed E-state index contributed by atoms with van der Waals surface area (Å²) in [5.74, 6) is 0. The van der Waals surface area contributed by atoms with Gasteiger partial charge in [-0.15, -0.1) is 0 Å². The van der Waals surface area contributed by atoms with Crippen LogP contribution in [0.4, 0.5) is 0 Å². The Morgan fingerprint density at radius 2 is 2.06 bits per heavy atom. The van der Waals surface area contributed by atoms with Crippen molar-refractivity contribution in [3.63, 3.8) is 0 Å². The second kappa shape index (κ2) is 4.99. The average molecular weight is 268 g/mol. The van der Waals surface area contributed by atoms with Crippen molar-refractivity contribution in [2.24, 2.45) is 0 Å². The molecule has 4 nitrogen and oxygen atoms in total. The second-order valence-corrected chi connectivity index (χ2v) is 6.87. The van der Waals surface area contributed by atoms with Gasteiger partial charge in [-0.05, 0) is 50.1 Å². The number of sulfonamides is 1. The molecule has 1 fully saturated rings. The van der Waals surface area contributed by atoms with Gasteiger partial charge in [0.15, 0.2) is 0 Å². The molecule has 0 heterocycles. The molecule has 0 amide bonds. The van der Waals surface area contributed by atoms with E-state index < -0.39 is 10.0 Å². The summed E-state index contributed by atoms with van der Waals surface area (Å²) in [6.45, 7) is 2.68. The molecule has 5 heteroatoms. The molecular weight excluding hydrogens is 248 g/mol. The molecule has 0 atom stereocenters. The normalized spacial score (nSPS) is 16.2. The van der Waals surface area contributed by atoms with Gasteiger partial charge in [0, 0.05) is 19.6 Å². The fraction of sp³-hybridized carbons (Fsp3) is 0.538. The Hall–Kier alpha value is -0.910. The first-order valence-electron chi connectivity index (χ1n) is 6.19. The number of nitrogens with zero attached hydrogens (tertiary/aromatic N) is 1. The zero-order valence-electron chi connectivity index (χ0n) is 11.1. The molecule has 2 rings (SSSR count). The lowest BCUT2D eigenvalue weighted by atomic mass is 10.1. The first kappa shape index (κ1) is 13.5. The molecule has 0 unspecified atom stereocenters. The number of aryl methyl sites for hydroxylation is 1. The van der Waals surface area contributed by atoms with Gasteiger partial charge in [-0.25, -0.2) is 8.42 Å². The fourth-order valence-electron chi connectivity index (χ4n) is 1.99. The SMILES string of the molecule is CNCc1cc(S(=O)(=O)N(C)C2CC2)ccc1C. The molecule has 1 aromatic carbocycles. The summed E-state index contributed by atoms with van der Waals surface area (Å²) in [6.07, 6.45) is 1.95. The van der Waals surface area contributed by atoms with E-state index in [0.29, 0.717) is 11.4 Å². The fourth-order valence-corrected chi connectivity index (χ4v) is 3.46. The molecule has 1 aromatic rings. The summed E-state index contributed by atoms with van der Waals surface area (Å²) < 4.78 is 26.3. The maximum Gasteiger partial charge on any atom is 0.243 e. The molecule has 1 saturated carbocycles. The van der Waals surface area contributed by atoms with E-state index in [1.165, 1.54) is 4.31 Å². The highest BCUT2D eigenvalue weighted by Crippen LogP contribution is 2.30. The highest BCUT2D eigenvalue weighted by atomic mass is 32.2. The lowest BCUT2D eigenvalue weighted by molar-refractivity contribution is 0.464. The summed E-state index contributed by atoms with van der Waals surface area (Å²) in [5, 5.41) is 3.06. The van der Waals surface area contributed by atoms with E-state index >= 15 is 0 Å². The van der Waals surface area contributed by atoms with Crippen molar-refractivity contribution in [1.82, 2.24) is 9.62 Å². The van der Waals surface area contributed by atoms with Gasteiger partial charge in [-0.2, -0.15) is 4.31 Å². The van der Waals surface area contributed by atoms with E-state index in [1.54, 1.807) is 19.2 Å². The summed E-state index contributed by atoms with van der Waals surface area (Å²) in [7, 11) is 0.202. The zero-order chi connectivity index (χ0) is 13.3. The van der Waals surface area contributed by atoms with E-state index in [1.807, 2.05) is 20.0 Å². The minimum absolute atomic E-state index is 0.198. The standard InChI is InChI=1S/C13H20N2O2S/c1-10-4-7-13(8-11(10)9-14-2)18(16,17)15(3)12-5-6-12/h4,7-8,12,14H,5-6,9H2,1-3H3. The highest BCUT2D eigenvalue weighted by Gasteiger charge is 2.35. The summed E-state index contributed by atoms with van der Waals surface area (Å²) in [5.41, 5.74) is 2.14. The zero-order valence-corrected chi connectivity index (χ0v) is 11.9. The molecule has 0 bridgehead atoms. The maximum absolute atomic E-state index is 12.4. The summed E-state index contributed by atoms with van der Waals surface area (Å²) in [6, 6.07) is 5.55. The molecule has 0 aliphatic heterocycles. The van der Waals surface area contributed by atoms with Gasteiger partial charge in [0.05, 0.1) is 4.90 Å². The molecule has 1 N–H and O–H groups in total. The average Bonchev–Trinajstić information content (AvgIpc) is 3.15. The van der Waals surface area contributed by atoms with Crippen molar-refractivity contribution in [2.45, 2.75) is 37.2 Å². The lowest BCUT2D eigenvalue weighted by Crippen LogP contribution is -2.29. The Kier molecular flexibility index (Phi) is 3.75. The van der Waals surface area contributed by atoms with Crippen LogP contribution in [0.1, 0.15) is 24.0 Å². The molecule has 18 heavy (non-hydrogen) atoms. The minimum atomic E-state index is -3.33. The van der Waals surface area contributed by atoms with Gasteiger partial charge in [0.1, 0.15) is 0 Å². The van der Waals surface area contributed by atoms with Crippen LogP contribution in [0.2, 0.25) is 0 Å². The van der Waals surface area contributed by atoms with Crippen molar-refractivity contribution in [1.29, 1.82) is 0 Å². The van der Waals surface area contributed by atoms with E-state index in [9.17, 15) is 8.42 Å². The van der Waals surface area contributed by atoms with Crippen molar-refractivity contribution < 1.29 is 8.42 Å². The third kappa shape index (κ3) is 2.58. The van der Waals surface area contributed by atoms with Crippen LogP contribution in [0.3, 0.4) is 0 Å². The second-order valence-electron chi connectivity index (χ2n) is 4.87. The number of rotatable bonds is 5. The van der Waals surface area contributed by atoms with Crippen LogP contribution in [-0.2, 0) is 16.6 Å². The van der Waals surface area contributed by atoms with Crippen molar-refractivity contribution in [3.8, 4) is 0 Å². The van der Waals surface area contributed by atoms with E-state index in [4.69, 9.17) is 0 Å². The maximum atomic E-state index is 12.4. The van der Waals surface area contributed by atoms with Gasteiger partial charge >= 0.3 is 0 Å². The number of hydrogen-bond acceptors (Lipinski definition) is 3. The van der Waals surface area contributed by atoms with Gasteiger partial charge in [-0.3, -0.25) is 0 Å². The first-order valence-corrected chi connectivity index (χ1v) is 7.63. The molecule has 0 saturated heterocycles. The Labute approximate surface area is 109 Å². The summed E-state index contributed by atoms with van der Waals surface area (Å²) in [4.78, 5) is 0.396. The van der Waals surface area contributed by atoms with Crippen LogP contribution in [0, 0.1) is 6.92 Å². The van der Waals surface area contributed by atoms with Gasteiger partial charge in [0.2, 0.25) is 10.0 Å². The molecule has 1 aliphatic rings. The van der Waals surface area contributed by atoms with Crippen LogP contribution >= 0.6 is 0 Å². The van der Waals surface area contributed by atoms with Crippen LogP contribution < -0.4 is 5.32 Å². The minimum Gasteiger partial charge on any atom is -0.316 e. The van der Waals surface area contributed by atoms with E-state index in [2.05, 4.69) is 5.32 Å². The van der Waals surface area contributed by atoms with Gasteiger partial charge in [-0.1, -0.05) is 6.07 Å². The Bertz CT molecular complexity index is 536. The number of hydrogen-bond donors (Lipinski definition) is 1. The quantitative estimate of drug-likeness (QED) is 0.880. The Balaban J connectivity index is 2.35. The Morgan fingerprint density at radius 1 is 1.39 bits per heavy atom. The number of nitrogens with one attached hydrogen (secondary N) is 1. The van der Waals surface area contributed by atoms with Crippen molar-refractivity contribution in [2.75, 3.05) is 14.1 Å². The predicted octanol–water partition coefficient (Wildman–Crippen LogP) is 1.50. The molecule has 1 aliphatic carbocycles. The molecule has 100 valence electrons. The molecule has 0 radical (unpaired) electrons. The smallest absolute Gasteiger partial charge is 0.243 e. The van der Waals surface area contributed by atoms with Gasteiger partial charge in [0.25, 0.3) is 0 Å². The van der Waals surface area contributed by atoms with E-state index in [0.717, 1.165) is 24.0 Å². The Morgan fingerprint density at radius 3 is 2.61 bits per heavy atom. The number of benzene rings is 1. The monoisotopic (exact) mass is 268 g/mol. The van der Waals surface area contributed by atoms with Gasteiger partial charge < -0.3 is 5.32 Å². The largest absolute Gasteiger partial charge is 0.316 e. The highest BCUT2D eigenvalue weighted by molar-refractivity contribution is 7.89. The third-order valence-electron chi connectivity index (χ3n) is 3.43. The van der Waals surface area contributed by atoms with Crippen LogP contribution in [0.15, 0.2) is 23.1 Å². The van der Waals surface area contributed by atoms with Crippen molar-refractivity contribution >= 4 is 10.0 Å². The third-order valence-corrected chi connectivity index (χ3v) is 5.33.